The summed E-state index contributed by atoms with van der Waals surface area (Å²) in [5.74, 6) is 0. The van der Waals surface area contributed by atoms with Gasteiger partial charge >= 0.3 is 0 Å². The molecular weight excluding hydrogens is 236 g/mol. The van der Waals surface area contributed by atoms with Gasteiger partial charge in [-0.15, -0.1) is 22.7 Å². The minimum absolute atomic E-state index is 0.402. The van der Waals surface area contributed by atoms with E-state index in [4.69, 9.17) is 11.6 Å². The van der Waals surface area contributed by atoms with Crippen molar-refractivity contribution in [2.24, 2.45) is 0 Å². The molecular formula is C10H9ClOS2. The van der Waals surface area contributed by atoms with E-state index in [2.05, 4.69) is 0 Å². The molecule has 0 aromatic carbocycles. The number of hydrogen-bond donors (Lipinski definition) is 1. The molecule has 14 heavy (non-hydrogen) atoms. The summed E-state index contributed by atoms with van der Waals surface area (Å²) in [5.41, 5.74) is 1.10. The van der Waals surface area contributed by atoms with E-state index in [0.717, 1.165) is 14.8 Å². The quantitative estimate of drug-likeness (QED) is 0.872. The zero-order chi connectivity index (χ0) is 9.97. The van der Waals surface area contributed by atoms with Crippen molar-refractivity contribution in [2.75, 3.05) is 0 Å². The van der Waals surface area contributed by atoms with E-state index in [0.29, 0.717) is 6.42 Å². The normalized spacial score (nSPS) is 13.0. The molecule has 0 saturated carbocycles. The van der Waals surface area contributed by atoms with Crippen LogP contribution in [0.15, 0.2) is 29.0 Å². The molecule has 1 atom stereocenters. The van der Waals surface area contributed by atoms with Gasteiger partial charge in [0.1, 0.15) is 0 Å². The van der Waals surface area contributed by atoms with Crippen molar-refractivity contribution in [3.63, 3.8) is 0 Å². The Kier molecular flexibility index (Phi) is 3.23. The van der Waals surface area contributed by atoms with Crippen LogP contribution in [0.1, 0.15) is 16.5 Å². The van der Waals surface area contributed by atoms with Crippen LogP contribution >= 0.6 is 34.3 Å². The van der Waals surface area contributed by atoms with Crippen molar-refractivity contribution in [3.8, 4) is 0 Å². The van der Waals surface area contributed by atoms with Crippen LogP contribution in [-0.4, -0.2) is 5.11 Å². The third-order valence-electron chi connectivity index (χ3n) is 1.92. The predicted molar refractivity (Wildman–Crippen MR) is 62.3 cm³/mol. The lowest BCUT2D eigenvalue weighted by molar-refractivity contribution is 0.182. The van der Waals surface area contributed by atoms with Crippen LogP contribution in [0, 0.1) is 0 Å². The van der Waals surface area contributed by atoms with Crippen LogP contribution in [0.2, 0.25) is 4.34 Å². The highest BCUT2D eigenvalue weighted by atomic mass is 35.5. The summed E-state index contributed by atoms with van der Waals surface area (Å²) in [6.45, 7) is 0. The third kappa shape index (κ3) is 2.36. The van der Waals surface area contributed by atoms with Gasteiger partial charge in [0.15, 0.2) is 0 Å². The molecule has 1 nitrogen and oxygen atoms in total. The first kappa shape index (κ1) is 10.2. The second-order valence-corrected chi connectivity index (χ2v) is 5.52. The summed E-state index contributed by atoms with van der Waals surface area (Å²) in [5, 5.41) is 13.8. The minimum Gasteiger partial charge on any atom is -0.387 e. The average Bonchev–Trinajstić information content (AvgIpc) is 2.75. The largest absolute Gasteiger partial charge is 0.387 e. The smallest absolute Gasteiger partial charge is 0.0931 e. The van der Waals surface area contributed by atoms with Crippen molar-refractivity contribution in [1.29, 1.82) is 0 Å². The fourth-order valence-corrected chi connectivity index (χ4v) is 2.89. The van der Waals surface area contributed by atoms with Gasteiger partial charge in [-0.05, 0) is 28.5 Å². The van der Waals surface area contributed by atoms with E-state index in [1.807, 2.05) is 29.0 Å². The molecule has 0 aliphatic heterocycles. The van der Waals surface area contributed by atoms with Crippen molar-refractivity contribution < 1.29 is 5.11 Å². The summed E-state index contributed by atoms with van der Waals surface area (Å²) in [4.78, 5) is 1.01. The van der Waals surface area contributed by atoms with Gasteiger partial charge in [0.2, 0.25) is 0 Å². The Labute approximate surface area is 95.6 Å². The third-order valence-corrected chi connectivity index (χ3v) is 4.04. The summed E-state index contributed by atoms with van der Waals surface area (Å²) in [7, 11) is 0. The second-order valence-electron chi connectivity index (χ2n) is 2.99. The fourth-order valence-electron chi connectivity index (χ4n) is 1.26. The SMILES string of the molecule is OC(Cc1csc(Cl)c1)c1cccs1. The Morgan fingerprint density at radius 2 is 2.29 bits per heavy atom. The van der Waals surface area contributed by atoms with Gasteiger partial charge in [0, 0.05) is 11.3 Å². The van der Waals surface area contributed by atoms with Gasteiger partial charge in [-0.2, -0.15) is 0 Å². The van der Waals surface area contributed by atoms with Gasteiger partial charge in [-0.1, -0.05) is 17.7 Å². The van der Waals surface area contributed by atoms with Crippen LogP contribution in [-0.2, 0) is 6.42 Å². The molecule has 0 fully saturated rings. The molecule has 0 amide bonds. The topological polar surface area (TPSA) is 20.2 Å². The van der Waals surface area contributed by atoms with Gasteiger partial charge in [0.25, 0.3) is 0 Å². The number of aliphatic hydroxyl groups is 1. The Morgan fingerprint density at radius 1 is 1.43 bits per heavy atom. The van der Waals surface area contributed by atoms with Gasteiger partial charge in [-0.3, -0.25) is 0 Å². The van der Waals surface area contributed by atoms with Crippen LogP contribution in [0.3, 0.4) is 0 Å². The molecule has 0 radical (unpaired) electrons. The van der Waals surface area contributed by atoms with Crippen LogP contribution < -0.4 is 0 Å². The Hall–Kier alpha value is -0.350. The second kappa shape index (κ2) is 4.45. The Bertz CT molecular complexity index is 394. The van der Waals surface area contributed by atoms with E-state index in [9.17, 15) is 5.11 Å². The van der Waals surface area contributed by atoms with Crippen LogP contribution in [0.4, 0.5) is 0 Å². The van der Waals surface area contributed by atoms with E-state index in [-0.39, 0.29) is 0 Å². The van der Waals surface area contributed by atoms with Gasteiger partial charge in [-0.25, -0.2) is 0 Å². The lowest BCUT2D eigenvalue weighted by Crippen LogP contribution is -1.97. The monoisotopic (exact) mass is 244 g/mol. The number of thiophene rings is 2. The fraction of sp³-hybridized carbons (Fsp3) is 0.200. The number of hydrogen-bond acceptors (Lipinski definition) is 3. The maximum Gasteiger partial charge on any atom is 0.0931 e. The molecule has 74 valence electrons. The maximum absolute atomic E-state index is 9.84. The lowest BCUT2D eigenvalue weighted by Gasteiger charge is -2.05. The molecule has 0 aliphatic carbocycles. The van der Waals surface area contributed by atoms with Crippen molar-refractivity contribution >= 4 is 34.3 Å². The number of aliphatic hydroxyl groups excluding tert-OH is 1. The molecule has 0 bridgehead atoms. The molecule has 1 N–H and O–H groups in total. The maximum atomic E-state index is 9.84. The molecule has 2 aromatic heterocycles. The van der Waals surface area contributed by atoms with Gasteiger partial charge < -0.3 is 5.11 Å². The van der Waals surface area contributed by atoms with Gasteiger partial charge in [0.05, 0.1) is 10.4 Å². The van der Waals surface area contributed by atoms with Crippen molar-refractivity contribution in [2.45, 2.75) is 12.5 Å². The summed E-state index contributed by atoms with van der Waals surface area (Å²) in [6.07, 6.45) is 0.240. The molecule has 4 heteroatoms. The van der Waals surface area contributed by atoms with Crippen molar-refractivity contribution in [3.05, 3.63) is 43.7 Å². The first-order valence-corrected chi connectivity index (χ1v) is 6.34. The molecule has 2 aromatic rings. The molecule has 2 heterocycles. The van der Waals surface area contributed by atoms with Crippen LogP contribution in [0.25, 0.3) is 0 Å². The first-order chi connectivity index (χ1) is 6.75. The molecule has 2 rings (SSSR count). The highest BCUT2D eigenvalue weighted by Crippen LogP contribution is 2.26. The minimum atomic E-state index is -0.402. The Morgan fingerprint density at radius 3 is 2.86 bits per heavy atom. The zero-order valence-electron chi connectivity index (χ0n) is 7.31. The highest BCUT2D eigenvalue weighted by Gasteiger charge is 2.10. The standard InChI is InChI=1S/C10H9ClOS2/c11-10-5-7(6-14-10)4-8(12)9-2-1-3-13-9/h1-3,5-6,8,12H,4H2. The first-order valence-electron chi connectivity index (χ1n) is 4.20. The number of halogens is 1. The average molecular weight is 245 g/mol. The number of rotatable bonds is 3. The Balaban J connectivity index is 2.05. The van der Waals surface area contributed by atoms with E-state index in [1.165, 1.54) is 11.3 Å². The zero-order valence-corrected chi connectivity index (χ0v) is 9.70. The lowest BCUT2D eigenvalue weighted by atomic mass is 10.1. The molecule has 0 saturated heterocycles. The summed E-state index contributed by atoms with van der Waals surface area (Å²) in [6, 6.07) is 5.80. The summed E-state index contributed by atoms with van der Waals surface area (Å²) < 4.78 is 0.776. The van der Waals surface area contributed by atoms with E-state index < -0.39 is 6.10 Å². The van der Waals surface area contributed by atoms with Crippen LogP contribution in [0.5, 0.6) is 0 Å². The molecule has 0 aliphatic rings. The predicted octanol–water partition coefficient (Wildman–Crippen LogP) is 3.74. The molecule has 1 unspecified atom stereocenters. The summed E-state index contributed by atoms with van der Waals surface area (Å²) >= 11 is 8.89. The van der Waals surface area contributed by atoms with Crippen molar-refractivity contribution in [1.82, 2.24) is 0 Å². The van der Waals surface area contributed by atoms with E-state index >= 15 is 0 Å². The highest BCUT2D eigenvalue weighted by molar-refractivity contribution is 7.14. The molecule has 0 spiro atoms. The van der Waals surface area contributed by atoms with E-state index in [1.54, 1.807) is 11.3 Å².